The molecule has 1 aromatic carbocycles. The van der Waals surface area contributed by atoms with E-state index in [1.165, 1.54) is 12.8 Å². The maximum atomic E-state index is 13.1. The van der Waals surface area contributed by atoms with Crippen LogP contribution in [0.2, 0.25) is 0 Å². The second kappa shape index (κ2) is 10.0. The van der Waals surface area contributed by atoms with Crippen LogP contribution < -0.4 is 4.74 Å². The predicted molar refractivity (Wildman–Crippen MR) is 120 cm³/mol. The molecule has 0 bridgehead atoms. The van der Waals surface area contributed by atoms with E-state index in [9.17, 15) is 9.59 Å². The van der Waals surface area contributed by atoms with E-state index in [-0.39, 0.29) is 24.4 Å². The van der Waals surface area contributed by atoms with Gasteiger partial charge >= 0.3 is 0 Å². The lowest BCUT2D eigenvalue weighted by Crippen LogP contribution is -2.55. The average Bonchev–Trinajstić information content (AvgIpc) is 3.64. The van der Waals surface area contributed by atoms with Crippen molar-refractivity contribution >= 4 is 11.8 Å². The summed E-state index contributed by atoms with van der Waals surface area (Å²) >= 11 is 0. The Balaban J connectivity index is 1.30. The fourth-order valence-electron chi connectivity index (χ4n) is 4.72. The van der Waals surface area contributed by atoms with Gasteiger partial charge in [0.2, 0.25) is 5.91 Å². The standard InChI is InChI=1S/C24H36N4O3/c1-3-31-22-8-4-19(5-9-22)24(30)28(21-6-7-21)18-23(29)27-16-14-26(15-17-27)20-10-12-25(2)13-11-20/h4-5,8-9,20-21H,3,6-7,10-18H2,1-2H3. The van der Waals surface area contributed by atoms with Crippen LogP contribution in [-0.4, -0.2) is 103 Å². The number of hydrogen-bond acceptors (Lipinski definition) is 5. The van der Waals surface area contributed by atoms with Gasteiger partial charge in [-0.15, -0.1) is 0 Å². The summed E-state index contributed by atoms with van der Waals surface area (Å²) in [5, 5.41) is 0. The first-order chi connectivity index (χ1) is 15.0. The highest BCUT2D eigenvalue weighted by Crippen LogP contribution is 2.29. The second-order valence-electron chi connectivity index (χ2n) is 9.07. The maximum absolute atomic E-state index is 13.1. The van der Waals surface area contributed by atoms with Gasteiger partial charge in [-0.25, -0.2) is 0 Å². The highest BCUT2D eigenvalue weighted by molar-refractivity contribution is 5.97. The van der Waals surface area contributed by atoms with Gasteiger partial charge in [-0.2, -0.15) is 0 Å². The first kappa shape index (κ1) is 22.1. The summed E-state index contributed by atoms with van der Waals surface area (Å²) < 4.78 is 5.47. The Morgan fingerprint density at radius 3 is 2.19 bits per heavy atom. The van der Waals surface area contributed by atoms with Crippen molar-refractivity contribution in [2.45, 2.75) is 44.7 Å². The molecule has 0 atom stereocenters. The van der Waals surface area contributed by atoms with Gasteiger partial charge in [0, 0.05) is 43.8 Å². The van der Waals surface area contributed by atoms with E-state index in [4.69, 9.17) is 4.74 Å². The molecule has 2 heterocycles. The quantitative estimate of drug-likeness (QED) is 0.664. The van der Waals surface area contributed by atoms with Crippen molar-refractivity contribution < 1.29 is 14.3 Å². The van der Waals surface area contributed by atoms with Gasteiger partial charge < -0.3 is 19.4 Å². The highest BCUT2D eigenvalue weighted by Gasteiger charge is 2.36. The minimum Gasteiger partial charge on any atom is -0.494 e. The highest BCUT2D eigenvalue weighted by atomic mass is 16.5. The lowest BCUT2D eigenvalue weighted by Gasteiger charge is -2.42. The van der Waals surface area contributed by atoms with Crippen LogP contribution in [-0.2, 0) is 4.79 Å². The fourth-order valence-corrected chi connectivity index (χ4v) is 4.72. The Labute approximate surface area is 185 Å². The number of piperidine rings is 1. The lowest BCUT2D eigenvalue weighted by atomic mass is 10.0. The van der Waals surface area contributed by atoms with Gasteiger partial charge in [-0.3, -0.25) is 14.5 Å². The number of benzene rings is 1. The Kier molecular flexibility index (Phi) is 7.13. The maximum Gasteiger partial charge on any atom is 0.254 e. The van der Waals surface area contributed by atoms with E-state index in [1.807, 2.05) is 24.0 Å². The van der Waals surface area contributed by atoms with Crippen molar-refractivity contribution in [3.63, 3.8) is 0 Å². The molecule has 1 aromatic rings. The molecule has 3 aliphatic rings. The molecular formula is C24H36N4O3. The van der Waals surface area contributed by atoms with Gasteiger partial charge in [-0.1, -0.05) is 0 Å². The van der Waals surface area contributed by atoms with E-state index >= 15 is 0 Å². The summed E-state index contributed by atoms with van der Waals surface area (Å²) in [4.78, 5) is 34.8. The number of carbonyl (C=O) groups is 2. The normalized spacial score (nSPS) is 21.2. The molecule has 170 valence electrons. The van der Waals surface area contributed by atoms with Crippen molar-refractivity contribution in [1.29, 1.82) is 0 Å². The molecular weight excluding hydrogens is 392 g/mol. The zero-order valence-electron chi connectivity index (χ0n) is 19.0. The predicted octanol–water partition coefficient (Wildman–Crippen LogP) is 1.93. The third kappa shape index (κ3) is 5.57. The van der Waals surface area contributed by atoms with Crippen molar-refractivity contribution in [3.05, 3.63) is 29.8 Å². The fraction of sp³-hybridized carbons (Fsp3) is 0.667. The number of piperazine rings is 1. The van der Waals surface area contributed by atoms with Crippen LogP contribution in [0, 0.1) is 0 Å². The average molecular weight is 429 g/mol. The smallest absolute Gasteiger partial charge is 0.254 e. The molecule has 7 heteroatoms. The van der Waals surface area contributed by atoms with E-state index in [0.717, 1.165) is 57.9 Å². The molecule has 1 aliphatic carbocycles. The summed E-state index contributed by atoms with van der Waals surface area (Å²) in [6, 6.07) is 8.10. The molecule has 2 amide bonds. The van der Waals surface area contributed by atoms with Crippen LogP contribution in [0.25, 0.3) is 0 Å². The third-order valence-electron chi connectivity index (χ3n) is 6.84. The van der Waals surface area contributed by atoms with Crippen molar-refractivity contribution in [2.24, 2.45) is 0 Å². The summed E-state index contributed by atoms with van der Waals surface area (Å²) in [5.74, 6) is 0.786. The molecule has 0 unspecified atom stereocenters. The number of ether oxygens (including phenoxy) is 1. The molecule has 4 rings (SSSR count). The van der Waals surface area contributed by atoms with Crippen LogP contribution >= 0.6 is 0 Å². The second-order valence-corrected chi connectivity index (χ2v) is 9.07. The Bertz CT molecular complexity index is 749. The molecule has 2 aliphatic heterocycles. The number of rotatable bonds is 7. The van der Waals surface area contributed by atoms with Gasteiger partial charge in [0.15, 0.2) is 0 Å². The summed E-state index contributed by atoms with van der Waals surface area (Å²) in [6.07, 6.45) is 4.41. The van der Waals surface area contributed by atoms with Crippen molar-refractivity contribution in [1.82, 2.24) is 19.6 Å². The van der Waals surface area contributed by atoms with Crippen LogP contribution in [0.15, 0.2) is 24.3 Å². The molecule has 0 spiro atoms. The number of hydrogen-bond donors (Lipinski definition) is 0. The van der Waals surface area contributed by atoms with Gasteiger partial charge in [0.05, 0.1) is 6.61 Å². The Morgan fingerprint density at radius 2 is 1.61 bits per heavy atom. The molecule has 0 N–H and O–H groups in total. The molecule has 0 aromatic heterocycles. The summed E-state index contributed by atoms with van der Waals surface area (Å²) in [7, 11) is 2.19. The van der Waals surface area contributed by atoms with Gasteiger partial charge in [0.1, 0.15) is 12.3 Å². The molecule has 3 fully saturated rings. The molecule has 0 radical (unpaired) electrons. The van der Waals surface area contributed by atoms with Crippen LogP contribution in [0.3, 0.4) is 0 Å². The minimum absolute atomic E-state index is 0.0520. The van der Waals surface area contributed by atoms with E-state index in [1.54, 1.807) is 17.0 Å². The van der Waals surface area contributed by atoms with E-state index in [2.05, 4.69) is 16.8 Å². The van der Waals surface area contributed by atoms with E-state index in [0.29, 0.717) is 18.2 Å². The molecule has 31 heavy (non-hydrogen) atoms. The Morgan fingerprint density at radius 1 is 0.968 bits per heavy atom. The van der Waals surface area contributed by atoms with Crippen LogP contribution in [0.1, 0.15) is 43.0 Å². The molecule has 1 saturated carbocycles. The SMILES string of the molecule is CCOc1ccc(C(=O)N(CC(=O)N2CCN(C3CCN(C)CC3)CC2)C2CC2)cc1. The van der Waals surface area contributed by atoms with Crippen molar-refractivity contribution in [2.75, 3.05) is 59.5 Å². The molecule has 2 saturated heterocycles. The van der Waals surface area contributed by atoms with Crippen LogP contribution in [0.5, 0.6) is 5.75 Å². The lowest BCUT2D eigenvalue weighted by molar-refractivity contribution is -0.134. The zero-order chi connectivity index (χ0) is 21.8. The van der Waals surface area contributed by atoms with Gasteiger partial charge in [-0.05, 0) is 77.0 Å². The number of likely N-dealkylation sites (tertiary alicyclic amines) is 1. The number of carbonyl (C=O) groups excluding carboxylic acids is 2. The van der Waals surface area contributed by atoms with Crippen molar-refractivity contribution in [3.8, 4) is 5.75 Å². The topological polar surface area (TPSA) is 56.3 Å². The summed E-state index contributed by atoms with van der Waals surface area (Å²) in [6.45, 7) is 8.45. The minimum atomic E-state index is -0.0520. The largest absolute Gasteiger partial charge is 0.494 e. The zero-order valence-corrected chi connectivity index (χ0v) is 19.0. The third-order valence-corrected chi connectivity index (χ3v) is 6.84. The van der Waals surface area contributed by atoms with E-state index < -0.39 is 0 Å². The number of amides is 2. The van der Waals surface area contributed by atoms with Crippen LogP contribution in [0.4, 0.5) is 0 Å². The van der Waals surface area contributed by atoms with Gasteiger partial charge in [0.25, 0.3) is 5.91 Å². The number of nitrogens with zero attached hydrogens (tertiary/aromatic N) is 4. The monoisotopic (exact) mass is 428 g/mol. The Hall–Kier alpha value is -2.12. The first-order valence-electron chi connectivity index (χ1n) is 11.8. The first-order valence-corrected chi connectivity index (χ1v) is 11.8. The molecule has 7 nitrogen and oxygen atoms in total. The summed E-state index contributed by atoms with van der Waals surface area (Å²) in [5.41, 5.74) is 0.621.